The molecule has 0 spiro atoms. The summed E-state index contributed by atoms with van der Waals surface area (Å²) in [6, 6.07) is 13.8. The molecule has 0 bridgehead atoms. The fraction of sp³-hybridized carbons (Fsp3) is 0.379. The summed E-state index contributed by atoms with van der Waals surface area (Å²) >= 11 is 0. The Hall–Kier alpha value is -3.78. The van der Waals surface area contributed by atoms with E-state index in [-0.39, 0.29) is 17.0 Å². The number of aromatic nitrogens is 1. The number of aryl methyl sites for hydroxylation is 1. The highest BCUT2D eigenvalue weighted by atomic mass is 16.5. The highest BCUT2D eigenvalue weighted by Gasteiger charge is 2.20. The van der Waals surface area contributed by atoms with Crippen LogP contribution in [0.4, 0.5) is 5.69 Å². The fourth-order valence-corrected chi connectivity index (χ4v) is 5.33. The molecule has 3 aromatic rings. The minimum absolute atomic E-state index is 0.127. The Balaban J connectivity index is 1.21. The molecule has 194 valence electrons. The average molecular weight is 503 g/mol. The molecule has 0 unspecified atom stereocenters. The number of methoxy groups -OCH3 is 2. The maximum absolute atomic E-state index is 12.8. The Morgan fingerprint density at radius 1 is 0.973 bits per heavy atom. The summed E-state index contributed by atoms with van der Waals surface area (Å²) in [6.45, 7) is 3.66. The molecule has 0 radical (unpaired) electrons. The number of aromatic amines is 1. The zero-order valence-corrected chi connectivity index (χ0v) is 21.7. The summed E-state index contributed by atoms with van der Waals surface area (Å²) in [5.41, 5.74) is 6.58. The second kappa shape index (κ2) is 10.7. The van der Waals surface area contributed by atoms with Crippen molar-refractivity contribution in [2.45, 2.75) is 38.9 Å². The van der Waals surface area contributed by atoms with Crippen LogP contribution in [0.3, 0.4) is 0 Å². The van der Waals surface area contributed by atoms with Gasteiger partial charge in [0.1, 0.15) is 5.56 Å². The Morgan fingerprint density at radius 3 is 2.51 bits per heavy atom. The minimum atomic E-state index is -0.370. The van der Waals surface area contributed by atoms with Crippen LogP contribution in [-0.2, 0) is 32.5 Å². The van der Waals surface area contributed by atoms with Crippen molar-refractivity contribution in [3.05, 3.63) is 86.3 Å². The molecule has 0 aliphatic carbocycles. The molecule has 8 nitrogen and oxygen atoms in total. The third-order valence-corrected chi connectivity index (χ3v) is 7.35. The molecule has 1 amide bonds. The van der Waals surface area contributed by atoms with Crippen molar-refractivity contribution in [2.75, 3.05) is 39.3 Å². The molecule has 5 rings (SSSR count). The highest BCUT2D eigenvalue weighted by Crippen LogP contribution is 2.33. The van der Waals surface area contributed by atoms with Crippen LogP contribution in [0.5, 0.6) is 11.5 Å². The van der Waals surface area contributed by atoms with Crippen LogP contribution in [0.15, 0.2) is 47.3 Å². The zero-order chi connectivity index (χ0) is 25.9. The molecule has 0 fully saturated rings. The quantitative estimate of drug-likeness (QED) is 0.516. The number of benzene rings is 2. The first kappa shape index (κ1) is 24.9. The van der Waals surface area contributed by atoms with E-state index in [1.165, 1.54) is 22.4 Å². The molecule has 2 aromatic carbocycles. The van der Waals surface area contributed by atoms with Crippen LogP contribution < -0.4 is 25.2 Å². The molecule has 0 saturated heterocycles. The minimum Gasteiger partial charge on any atom is -0.493 e. The molecule has 1 aromatic heterocycles. The van der Waals surface area contributed by atoms with E-state index in [0.29, 0.717) is 13.1 Å². The maximum Gasteiger partial charge on any atom is 0.261 e. The molecule has 0 saturated carbocycles. The van der Waals surface area contributed by atoms with Gasteiger partial charge in [-0.15, -0.1) is 0 Å². The Kier molecular flexibility index (Phi) is 7.19. The summed E-state index contributed by atoms with van der Waals surface area (Å²) in [4.78, 5) is 32.9. The van der Waals surface area contributed by atoms with Gasteiger partial charge in [-0.05, 0) is 71.8 Å². The third-order valence-electron chi connectivity index (χ3n) is 7.35. The van der Waals surface area contributed by atoms with Crippen LogP contribution in [-0.4, -0.2) is 50.1 Å². The van der Waals surface area contributed by atoms with E-state index in [0.717, 1.165) is 61.7 Å². The second-order valence-corrected chi connectivity index (χ2v) is 9.83. The maximum atomic E-state index is 12.8. The summed E-state index contributed by atoms with van der Waals surface area (Å²) < 4.78 is 10.9. The van der Waals surface area contributed by atoms with Gasteiger partial charge in [0.2, 0.25) is 0 Å². The molecular weight excluding hydrogens is 468 g/mol. The largest absolute Gasteiger partial charge is 0.493 e. The highest BCUT2D eigenvalue weighted by molar-refractivity contribution is 5.93. The number of anilines is 1. The summed E-state index contributed by atoms with van der Waals surface area (Å²) in [5.74, 6) is 1.09. The first-order valence-corrected chi connectivity index (χ1v) is 12.7. The third kappa shape index (κ3) is 5.34. The summed E-state index contributed by atoms with van der Waals surface area (Å²) in [7, 11) is 5.39. The number of H-pyrrole nitrogens is 1. The SMILES string of the molecule is COc1cc2c(cc1OC)CN(Cc1ccc(C(=O)NCc3ccc4c(c3)CCCN4C)c(=O)[nH]1)CC2. The molecule has 37 heavy (non-hydrogen) atoms. The van der Waals surface area contributed by atoms with Crippen molar-refractivity contribution in [2.24, 2.45) is 0 Å². The molecule has 8 heteroatoms. The van der Waals surface area contributed by atoms with Gasteiger partial charge in [0.25, 0.3) is 11.5 Å². The lowest BCUT2D eigenvalue weighted by atomic mass is 9.98. The standard InChI is InChI=1S/C29H34N4O4/c1-32-11-4-5-21-13-19(6-9-25(21)32)16-30-28(34)24-8-7-23(31-29(24)35)18-33-12-10-20-14-26(36-2)27(37-3)15-22(20)17-33/h6-9,13-15H,4-5,10-12,16-18H2,1-3H3,(H,30,34)(H,31,35). The number of hydrogen-bond acceptors (Lipinski definition) is 6. The average Bonchev–Trinajstić information content (AvgIpc) is 2.91. The smallest absolute Gasteiger partial charge is 0.261 e. The molecular formula is C29H34N4O4. The lowest BCUT2D eigenvalue weighted by Crippen LogP contribution is -2.33. The van der Waals surface area contributed by atoms with Crippen LogP contribution in [0.1, 0.15) is 44.7 Å². The van der Waals surface area contributed by atoms with Crippen LogP contribution in [0.2, 0.25) is 0 Å². The van der Waals surface area contributed by atoms with Crippen molar-refractivity contribution in [3.63, 3.8) is 0 Å². The van der Waals surface area contributed by atoms with Crippen LogP contribution >= 0.6 is 0 Å². The van der Waals surface area contributed by atoms with Crippen molar-refractivity contribution in [1.29, 1.82) is 0 Å². The van der Waals surface area contributed by atoms with Gasteiger partial charge in [-0.1, -0.05) is 12.1 Å². The van der Waals surface area contributed by atoms with Gasteiger partial charge < -0.3 is 24.7 Å². The Bertz CT molecular complexity index is 1370. The van der Waals surface area contributed by atoms with Gasteiger partial charge in [-0.3, -0.25) is 14.5 Å². The molecule has 2 N–H and O–H groups in total. The molecule has 2 aliphatic heterocycles. The van der Waals surface area contributed by atoms with Crippen molar-refractivity contribution in [1.82, 2.24) is 15.2 Å². The number of ether oxygens (including phenoxy) is 2. The van der Waals surface area contributed by atoms with Gasteiger partial charge in [0.15, 0.2) is 11.5 Å². The van der Waals surface area contributed by atoms with E-state index in [9.17, 15) is 9.59 Å². The monoisotopic (exact) mass is 502 g/mol. The predicted molar refractivity (Wildman–Crippen MR) is 144 cm³/mol. The van der Waals surface area contributed by atoms with E-state index in [2.05, 4.69) is 39.3 Å². The van der Waals surface area contributed by atoms with E-state index in [1.807, 2.05) is 24.3 Å². The van der Waals surface area contributed by atoms with Crippen LogP contribution in [0.25, 0.3) is 0 Å². The zero-order valence-electron chi connectivity index (χ0n) is 21.7. The van der Waals surface area contributed by atoms with E-state index >= 15 is 0 Å². The van der Waals surface area contributed by atoms with E-state index < -0.39 is 0 Å². The van der Waals surface area contributed by atoms with Crippen molar-refractivity contribution >= 4 is 11.6 Å². The van der Waals surface area contributed by atoms with Gasteiger partial charge >= 0.3 is 0 Å². The number of hydrogen-bond donors (Lipinski definition) is 2. The number of rotatable bonds is 7. The van der Waals surface area contributed by atoms with Gasteiger partial charge in [0, 0.05) is 51.2 Å². The van der Waals surface area contributed by atoms with E-state index in [1.54, 1.807) is 20.3 Å². The number of pyridine rings is 1. The van der Waals surface area contributed by atoms with Gasteiger partial charge in [0.05, 0.1) is 14.2 Å². The Morgan fingerprint density at radius 2 is 1.76 bits per heavy atom. The second-order valence-electron chi connectivity index (χ2n) is 9.83. The lowest BCUT2D eigenvalue weighted by molar-refractivity contribution is 0.0949. The molecule has 0 atom stereocenters. The molecule has 3 heterocycles. The number of fused-ring (bicyclic) bond motifs is 2. The number of nitrogens with zero attached hydrogens (tertiary/aromatic N) is 2. The number of carbonyl (C=O) groups is 1. The summed E-state index contributed by atoms with van der Waals surface area (Å²) in [5, 5.41) is 2.90. The van der Waals surface area contributed by atoms with Crippen LogP contribution in [0, 0.1) is 0 Å². The van der Waals surface area contributed by atoms with Crippen molar-refractivity contribution in [3.8, 4) is 11.5 Å². The number of amides is 1. The molecule has 2 aliphatic rings. The first-order valence-electron chi connectivity index (χ1n) is 12.7. The number of nitrogens with one attached hydrogen (secondary N) is 2. The summed E-state index contributed by atoms with van der Waals surface area (Å²) in [6.07, 6.45) is 3.07. The topological polar surface area (TPSA) is 86.9 Å². The predicted octanol–water partition coefficient (Wildman–Crippen LogP) is 3.26. The first-order chi connectivity index (χ1) is 17.9. The fourth-order valence-electron chi connectivity index (χ4n) is 5.33. The van der Waals surface area contributed by atoms with E-state index in [4.69, 9.17) is 9.47 Å². The Labute approximate surface area is 217 Å². The van der Waals surface area contributed by atoms with Gasteiger partial charge in [-0.25, -0.2) is 0 Å². The number of carbonyl (C=O) groups excluding carboxylic acids is 1. The van der Waals surface area contributed by atoms with Gasteiger partial charge in [-0.2, -0.15) is 0 Å². The lowest BCUT2D eigenvalue weighted by Gasteiger charge is -2.29. The van der Waals surface area contributed by atoms with Crippen molar-refractivity contribution < 1.29 is 14.3 Å². The normalized spacial score (nSPS) is 15.1.